The van der Waals surface area contributed by atoms with Gasteiger partial charge in [-0.2, -0.15) is 0 Å². The topological polar surface area (TPSA) is 71.4 Å². The van der Waals surface area contributed by atoms with Crippen molar-refractivity contribution in [3.63, 3.8) is 0 Å². The summed E-state index contributed by atoms with van der Waals surface area (Å²) in [5.74, 6) is -1.31. The molecule has 21 heavy (non-hydrogen) atoms. The van der Waals surface area contributed by atoms with E-state index in [-0.39, 0.29) is 27.8 Å². The predicted molar refractivity (Wildman–Crippen MR) is 81.7 cm³/mol. The van der Waals surface area contributed by atoms with Gasteiger partial charge in [-0.25, -0.2) is 8.42 Å². The molecule has 0 saturated heterocycles. The summed E-state index contributed by atoms with van der Waals surface area (Å²) in [7, 11) is -4.12. The normalized spacial score (nSPS) is 19.0. The summed E-state index contributed by atoms with van der Waals surface area (Å²) in [6.45, 7) is 0. The number of carboxylic acids is 1. The zero-order valence-electron chi connectivity index (χ0n) is 11.3. The molecule has 1 aromatic carbocycles. The van der Waals surface area contributed by atoms with E-state index in [2.05, 4.69) is 0 Å². The second-order valence-corrected chi connectivity index (χ2v) is 8.36. The molecular formula is C14H16Cl2O4S. The number of sulfone groups is 1. The van der Waals surface area contributed by atoms with Crippen molar-refractivity contribution in [3.8, 4) is 0 Å². The molecular weight excluding hydrogens is 335 g/mol. The number of carbonyl (C=O) groups is 1. The molecule has 1 saturated carbocycles. The molecule has 0 bridgehead atoms. The minimum absolute atomic E-state index is 0.00396. The van der Waals surface area contributed by atoms with Crippen LogP contribution in [0.2, 0.25) is 10.0 Å². The molecule has 2 rings (SSSR count). The van der Waals surface area contributed by atoms with Crippen LogP contribution in [0, 0.1) is 0 Å². The van der Waals surface area contributed by atoms with Crippen molar-refractivity contribution in [2.24, 2.45) is 0 Å². The molecule has 1 N–H and O–H groups in total. The zero-order valence-corrected chi connectivity index (χ0v) is 13.6. The molecule has 1 aliphatic rings. The van der Waals surface area contributed by atoms with Crippen LogP contribution in [0.15, 0.2) is 23.1 Å². The van der Waals surface area contributed by atoms with Crippen LogP contribution in [-0.2, 0) is 14.6 Å². The molecule has 7 heteroatoms. The molecule has 1 aromatic rings. The molecule has 0 radical (unpaired) electrons. The first kappa shape index (κ1) is 16.6. The van der Waals surface area contributed by atoms with Gasteiger partial charge in [0.2, 0.25) is 0 Å². The highest BCUT2D eigenvalue weighted by Crippen LogP contribution is 2.41. The van der Waals surface area contributed by atoms with Gasteiger partial charge in [0, 0.05) is 5.02 Å². The summed E-state index contributed by atoms with van der Waals surface area (Å²) in [5, 5.41) is 9.83. The Morgan fingerprint density at radius 2 is 1.67 bits per heavy atom. The lowest BCUT2D eigenvalue weighted by Crippen LogP contribution is -2.46. The van der Waals surface area contributed by atoms with Gasteiger partial charge < -0.3 is 5.11 Å². The van der Waals surface area contributed by atoms with Crippen molar-refractivity contribution in [1.82, 2.24) is 0 Å². The Morgan fingerprint density at radius 1 is 1.10 bits per heavy atom. The third-order valence-electron chi connectivity index (χ3n) is 4.00. The highest BCUT2D eigenvalue weighted by atomic mass is 35.5. The van der Waals surface area contributed by atoms with Crippen LogP contribution in [0.5, 0.6) is 0 Å². The summed E-state index contributed by atoms with van der Waals surface area (Å²) in [5.41, 5.74) is 0. The number of rotatable bonds is 3. The van der Waals surface area contributed by atoms with Gasteiger partial charge in [0.1, 0.15) is 0 Å². The van der Waals surface area contributed by atoms with Crippen molar-refractivity contribution < 1.29 is 18.3 Å². The number of carboxylic acid groups (broad SMARTS) is 1. The molecule has 0 heterocycles. The lowest BCUT2D eigenvalue weighted by Gasteiger charge is -2.28. The molecule has 4 nitrogen and oxygen atoms in total. The average Bonchev–Trinajstić information content (AvgIpc) is 2.68. The zero-order chi connectivity index (χ0) is 15.7. The van der Waals surface area contributed by atoms with E-state index in [0.29, 0.717) is 12.8 Å². The SMILES string of the molecule is O=C(O)C1(S(=O)(=O)c2cc(Cl)ccc2Cl)CCCCCC1. The van der Waals surface area contributed by atoms with E-state index in [1.54, 1.807) is 0 Å². The Hall–Kier alpha value is -0.780. The number of hydrogen-bond donors (Lipinski definition) is 1. The van der Waals surface area contributed by atoms with Crippen molar-refractivity contribution >= 4 is 39.0 Å². The Labute approximate surface area is 134 Å². The Bertz CT molecular complexity index is 647. The van der Waals surface area contributed by atoms with Crippen LogP contribution in [0.1, 0.15) is 38.5 Å². The van der Waals surface area contributed by atoms with E-state index in [1.807, 2.05) is 0 Å². The summed E-state index contributed by atoms with van der Waals surface area (Å²) in [6.07, 6.45) is 3.04. The van der Waals surface area contributed by atoms with Crippen LogP contribution in [-0.4, -0.2) is 24.2 Å². The lowest BCUT2D eigenvalue weighted by molar-refractivity contribution is -0.140. The summed E-state index contributed by atoms with van der Waals surface area (Å²) in [4.78, 5) is 11.6. The third kappa shape index (κ3) is 2.91. The van der Waals surface area contributed by atoms with Gasteiger partial charge in [0.25, 0.3) is 0 Å². The van der Waals surface area contributed by atoms with Gasteiger partial charge in [0.05, 0.1) is 9.92 Å². The first-order valence-electron chi connectivity index (χ1n) is 6.74. The van der Waals surface area contributed by atoms with E-state index in [4.69, 9.17) is 23.2 Å². The lowest BCUT2D eigenvalue weighted by atomic mass is 9.99. The minimum Gasteiger partial charge on any atom is -0.480 e. The van der Waals surface area contributed by atoms with E-state index in [0.717, 1.165) is 12.8 Å². The van der Waals surface area contributed by atoms with Gasteiger partial charge in [-0.15, -0.1) is 0 Å². The monoisotopic (exact) mass is 350 g/mol. The summed E-state index contributed by atoms with van der Waals surface area (Å²) < 4.78 is 24.1. The highest BCUT2D eigenvalue weighted by molar-refractivity contribution is 7.93. The smallest absolute Gasteiger partial charge is 0.325 e. The Balaban J connectivity index is 2.62. The number of halogens is 2. The quantitative estimate of drug-likeness (QED) is 0.837. The van der Waals surface area contributed by atoms with Crippen LogP contribution < -0.4 is 0 Å². The van der Waals surface area contributed by atoms with E-state index in [9.17, 15) is 18.3 Å². The molecule has 116 valence electrons. The van der Waals surface area contributed by atoms with Crippen molar-refractivity contribution in [2.45, 2.75) is 48.2 Å². The second kappa shape index (κ2) is 6.15. The van der Waals surface area contributed by atoms with Gasteiger partial charge in [0.15, 0.2) is 14.6 Å². The molecule has 0 aromatic heterocycles. The Kier molecular flexibility index (Phi) is 4.85. The Morgan fingerprint density at radius 3 is 2.19 bits per heavy atom. The van der Waals surface area contributed by atoms with Crippen LogP contribution >= 0.6 is 23.2 Å². The molecule has 0 atom stereocenters. The first-order chi connectivity index (χ1) is 9.81. The maximum absolute atomic E-state index is 13.0. The van der Waals surface area contributed by atoms with Crippen molar-refractivity contribution in [2.75, 3.05) is 0 Å². The largest absolute Gasteiger partial charge is 0.480 e. The van der Waals surface area contributed by atoms with Crippen LogP contribution in [0.3, 0.4) is 0 Å². The van der Waals surface area contributed by atoms with Crippen LogP contribution in [0.4, 0.5) is 0 Å². The third-order valence-corrected chi connectivity index (χ3v) is 7.20. The molecule has 0 spiro atoms. The van der Waals surface area contributed by atoms with Crippen molar-refractivity contribution in [1.29, 1.82) is 0 Å². The maximum Gasteiger partial charge on any atom is 0.325 e. The van der Waals surface area contributed by atoms with Gasteiger partial charge in [-0.05, 0) is 31.0 Å². The second-order valence-electron chi connectivity index (χ2n) is 5.29. The minimum atomic E-state index is -4.12. The standard InChI is InChI=1S/C14H16Cl2O4S/c15-10-5-6-11(16)12(9-10)21(19,20)14(13(17)18)7-3-1-2-4-8-14/h5-6,9H,1-4,7-8H2,(H,17,18). The molecule has 1 aliphatic carbocycles. The van der Waals surface area contributed by atoms with Crippen LogP contribution in [0.25, 0.3) is 0 Å². The van der Waals surface area contributed by atoms with E-state index >= 15 is 0 Å². The number of benzene rings is 1. The fourth-order valence-corrected chi connectivity index (χ4v) is 5.53. The molecule has 0 amide bonds. The van der Waals surface area contributed by atoms with Gasteiger partial charge in [-0.3, -0.25) is 4.79 Å². The fraction of sp³-hybridized carbons (Fsp3) is 0.500. The molecule has 1 fully saturated rings. The van der Waals surface area contributed by atoms with E-state index in [1.165, 1.54) is 18.2 Å². The molecule has 0 aliphatic heterocycles. The first-order valence-corrected chi connectivity index (χ1v) is 8.98. The van der Waals surface area contributed by atoms with Crippen molar-refractivity contribution in [3.05, 3.63) is 28.2 Å². The van der Waals surface area contributed by atoms with Gasteiger partial charge in [-0.1, -0.05) is 48.9 Å². The summed E-state index contributed by atoms with van der Waals surface area (Å²) in [6, 6.07) is 4.08. The molecule has 0 unspecified atom stereocenters. The highest BCUT2D eigenvalue weighted by Gasteiger charge is 2.51. The predicted octanol–water partition coefficient (Wildman–Crippen LogP) is 3.94. The maximum atomic E-state index is 13.0. The number of hydrogen-bond acceptors (Lipinski definition) is 3. The van der Waals surface area contributed by atoms with Gasteiger partial charge >= 0.3 is 5.97 Å². The van der Waals surface area contributed by atoms with E-state index < -0.39 is 20.6 Å². The summed E-state index contributed by atoms with van der Waals surface area (Å²) >= 11 is 11.8. The fourth-order valence-electron chi connectivity index (χ4n) is 2.79. The average molecular weight is 351 g/mol. The number of aliphatic carboxylic acids is 1.